The number of nitrogens with zero attached hydrogens (tertiary/aromatic N) is 1. The van der Waals surface area contributed by atoms with Gasteiger partial charge < -0.3 is 0 Å². The van der Waals surface area contributed by atoms with Crippen molar-refractivity contribution in [3.8, 4) is 6.07 Å². The Morgan fingerprint density at radius 2 is 2.38 bits per heavy atom. The lowest BCUT2D eigenvalue weighted by Gasteiger charge is -1.96. The number of alkyl halides is 2. The van der Waals surface area contributed by atoms with E-state index in [1.165, 1.54) is 0 Å². The second kappa shape index (κ2) is 5.04. The van der Waals surface area contributed by atoms with Crippen molar-refractivity contribution >= 4 is 15.9 Å². The minimum atomic E-state index is -0.852. The molecular weight excluding hydrogens is 173 g/mol. The summed E-state index contributed by atoms with van der Waals surface area (Å²) < 4.78 is 12.1. The van der Waals surface area contributed by atoms with E-state index in [9.17, 15) is 4.39 Å². The van der Waals surface area contributed by atoms with Crippen LogP contribution in [0.1, 0.15) is 12.8 Å². The van der Waals surface area contributed by atoms with Crippen molar-refractivity contribution in [2.24, 2.45) is 0 Å². The zero-order valence-corrected chi connectivity index (χ0v) is 5.99. The van der Waals surface area contributed by atoms with Gasteiger partial charge in [-0.3, -0.25) is 0 Å². The predicted octanol–water partition coefficient (Wildman–Crippen LogP) is 2.02. The summed E-state index contributed by atoms with van der Waals surface area (Å²) >= 11 is 2.96. The Bertz CT molecular complexity index is 88.9. The first kappa shape index (κ1) is 7.90. The highest BCUT2D eigenvalue weighted by atomic mass is 79.9. The van der Waals surface area contributed by atoms with E-state index in [1.807, 2.05) is 6.07 Å². The van der Waals surface area contributed by atoms with E-state index in [-0.39, 0.29) is 0 Å². The monoisotopic (exact) mass is 179 g/mol. The van der Waals surface area contributed by atoms with Gasteiger partial charge in [0.05, 0.1) is 6.07 Å². The van der Waals surface area contributed by atoms with Crippen LogP contribution in [0.4, 0.5) is 4.39 Å². The van der Waals surface area contributed by atoms with Crippen LogP contribution in [0.5, 0.6) is 0 Å². The summed E-state index contributed by atoms with van der Waals surface area (Å²) in [6, 6.07) is 1.87. The van der Waals surface area contributed by atoms with Crippen LogP contribution in [0.3, 0.4) is 0 Å². The molecule has 0 amide bonds. The molecule has 0 spiro atoms. The molecule has 1 atom stereocenters. The second-order valence-corrected chi connectivity index (χ2v) is 2.10. The molecule has 0 radical (unpaired) electrons. The van der Waals surface area contributed by atoms with E-state index in [0.29, 0.717) is 18.2 Å². The summed E-state index contributed by atoms with van der Waals surface area (Å²) in [7, 11) is 0. The molecule has 0 aromatic carbocycles. The smallest absolute Gasteiger partial charge is 0.111 e. The first-order chi connectivity index (χ1) is 3.81. The van der Waals surface area contributed by atoms with Gasteiger partial charge in [-0.1, -0.05) is 15.9 Å². The molecule has 0 aliphatic heterocycles. The molecule has 0 N–H and O–H groups in total. The predicted molar refractivity (Wildman–Crippen MR) is 33.5 cm³/mol. The lowest BCUT2D eigenvalue weighted by Crippen LogP contribution is -1.99. The van der Waals surface area contributed by atoms with E-state index < -0.39 is 6.17 Å². The number of halogens is 2. The van der Waals surface area contributed by atoms with Crippen molar-refractivity contribution in [2.75, 3.05) is 5.33 Å². The lowest BCUT2D eigenvalue weighted by molar-refractivity contribution is 0.352. The van der Waals surface area contributed by atoms with Crippen LogP contribution < -0.4 is 0 Å². The fraction of sp³-hybridized carbons (Fsp3) is 0.800. The van der Waals surface area contributed by atoms with E-state index in [1.54, 1.807) is 0 Å². The third kappa shape index (κ3) is 4.07. The standard InChI is InChI=1S/C5H7BrFN/c6-4-5(7)2-1-3-8/h5H,1-2,4H2/t5-/m1/s1. The number of nitriles is 1. The van der Waals surface area contributed by atoms with E-state index >= 15 is 0 Å². The quantitative estimate of drug-likeness (QED) is 0.609. The Kier molecular flexibility index (Phi) is 4.98. The molecule has 46 valence electrons. The highest BCUT2D eigenvalue weighted by Crippen LogP contribution is 2.03. The number of hydrogen-bond donors (Lipinski definition) is 0. The van der Waals surface area contributed by atoms with E-state index in [4.69, 9.17) is 5.26 Å². The first-order valence-electron chi connectivity index (χ1n) is 2.38. The molecule has 0 saturated carbocycles. The second-order valence-electron chi connectivity index (χ2n) is 1.45. The van der Waals surface area contributed by atoms with Gasteiger partial charge in [0.25, 0.3) is 0 Å². The summed E-state index contributed by atoms with van der Waals surface area (Å²) in [6.07, 6.45) is -0.191. The van der Waals surface area contributed by atoms with Crippen LogP contribution in [0, 0.1) is 11.3 Å². The highest BCUT2D eigenvalue weighted by Gasteiger charge is 2.00. The minimum absolute atomic E-state index is 0.312. The summed E-state index contributed by atoms with van der Waals surface area (Å²) in [4.78, 5) is 0. The molecule has 0 bridgehead atoms. The van der Waals surface area contributed by atoms with Gasteiger partial charge in [0, 0.05) is 11.8 Å². The summed E-state index contributed by atoms with van der Waals surface area (Å²) in [6.45, 7) is 0. The maximum Gasteiger partial charge on any atom is 0.111 e. The molecule has 0 aromatic heterocycles. The minimum Gasteiger partial charge on any atom is -0.247 e. The third-order valence-electron chi connectivity index (χ3n) is 0.737. The number of rotatable bonds is 3. The van der Waals surface area contributed by atoms with Gasteiger partial charge in [0.1, 0.15) is 6.17 Å². The summed E-state index contributed by atoms with van der Waals surface area (Å²) in [5.41, 5.74) is 0. The molecule has 3 heteroatoms. The Hall–Kier alpha value is -0.100. The Morgan fingerprint density at radius 1 is 1.75 bits per heavy atom. The van der Waals surface area contributed by atoms with Crippen LogP contribution in [0.15, 0.2) is 0 Å². The topological polar surface area (TPSA) is 23.8 Å². The fourth-order valence-electron chi connectivity index (χ4n) is 0.298. The highest BCUT2D eigenvalue weighted by molar-refractivity contribution is 9.09. The maximum atomic E-state index is 12.1. The van der Waals surface area contributed by atoms with Gasteiger partial charge in [-0.05, 0) is 6.42 Å². The van der Waals surface area contributed by atoms with Crippen LogP contribution in [-0.2, 0) is 0 Å². The van der Waals surface area contributed by atoms with Gasteiger partial charge >= 0.3 is 0 Å². The molecule has 0 aliphatic carbocycles. The summed E-state index contributed by atoms with van der Waals surface area (Å²) in [5, 5.41) is 8.32. The first-order valence-corrected chi connectivity index (χ1v) is 3.50. The Labute approximate surface area is 56.6 Å². The SMILES string of the molecule is N#CCC[C@@H](F)CBr. The van der Waals surface area contributed by atoms with Crippen molar-refractivity contribution in [3.63, 3.8) is 0 Å². The Morgan fingerprint density at radius 3 is 2.75 bits per heavy atom. The molecule has 8 heavy (non-hydrogen) atoms. The van der Waals surface area contributed by atoms with E-state index in [2.05, 4.69) is 15.9 Å². The molecule has 0 fully saturated rings. The zero-order valence-electron chi connectivity index (χ0n) is 4.40. The van der Waals surface area contributed by atoms with Gasteiger partial charge in [-0.2, -0.15) is 5.26 Å². The van der Waals surface area contributed by atoms with Gasteiger partial charge in [0.15, 0.2) is 0 Å². The van der Waals surface area contributed by atoms with Crippen molar-refractivity contribution < 1.29 is 4.39 Å². The van der Waals surface area contributed by atoms with Crippen LogP contribution in [-0.4, -0.2) is 11.5 Å². The molecule has 0 heterocycles. The fourth-order valence-corrected chi connectivity index (χ4v) is 0.622. The molecule has 0 saturated heterocycles. The Balaban J connectivity index is 3.01. The van der Waals surface area contributed by atoms with Crippen LogP contribution in [0.25, 0.3) is 0 Å². The van der Waals surface area contributed by atoms with Crippen LogP contribution in [0.2, 0.25) is 0 Å². The molecule has 0 rings (SSSR count). The normalized spacial score (nSPS) is 12.6. The van der Waals surface area contributed by atoms with Crippen LogP contribution >= 0.6 is 15.9 Å². The average molecular weight is 180 g/mol. The zero-order chi connectivity index (χ0) is 6.41. The van der Waals surface area contributed by atoms with Gasteiger partial charge in [-0.25, -0.2) is 4.39 Å². The van der Waals surface area contributed by atoms with E-state index in [0.717, 1.165) is 0 Å². The van der Waals surface area contributed by atoms with Crippen molar-refractivity contribution in [2.45, 2.75) is 19.0 Å². The van der Waals surface area contributed by atoms with Crippen molar-refractivity contribution in [1.82, 2.24) is 0 Å². The summed E-state index contributed by atoms with van der Waals surface area (Å²) in [5.74, 6) is 0. The largest absolute Gasteiger partial charge is 0.247 e. The molecule has 0 aliphatic rings. The number of hydrogen-bond acceptors (Lipinski definition) is 1. The molecule has 0 aromatic rings. The van der Waals surface area contributed by atoms with Gasteiger partial charge in [-0.15, -0.1) is 0 Å². The van der Waals surface area contributed by atoms with Crippen molar-refractivity contribution in [3.05, 3.63) is 0 Å². The van der Waals surface area contributed by atoms with Crippen molar-refractivity contribution in [1.29, 1.82) is 5.26 Å². The lowest BCUT2D eigenvalue weighted by atomic mass is 10.2. The maximum absolute atomic E-state index is 12.1. The van der Waals surface area contributed by atoms with Gasteiger partial charge in [0.2, 0.25) is 0 Å². The molecular formula is C5H7BrFN. The third-order valence-corrected chi connectivity index (χ3v) is 1.44. The molecule has 1 nitrogen and oxygen atoms in total. The average Bonchev–Trinajstić information content (AvgIpc) is 1.83. The molecule has 0 unspecified atom stereocenters.